The zero-order valence-corrected chi connectivity index (χ0v) is 16.1. The second-order valence-electron chi connectivity index (χ2n) is 7.00. The van der Waals surface area contributed by atoms with Crippen LogP contribution in [-0.4, -0.2) is 37.6 Å². The molecule has 1 saturated carbocycles. The van der Waals surface area contributed by atoms with Crippen LogP contribution in [0.5, 0.6) is 0 Å². The summed E-state index contributed by atoms with van der Waals surface area (Å²) in [5, 5.41) is 2.97. The van der Waals surface area contributed by atoms with Gasteiger partial charge in [0.05, 0.1) is 12.7 Å². The second-order valence-corrected chi connectivity index (χ2v) is 7.00. The third-order valence-electron chi connectivity index (χ3n) is 5.14. The van der Waals surface area contributed by atoms with Crippen molar-refractivity contribution in [3.8, 4) is 0 Å². The standard InChI is InChI=1S/C21H27NO5/c1-14-5-4-6-18(15(14)2)22-19(23)13-27-20(24)12-9-16-7-10-17(11-8-16)21(25)26-3/h7-12,14-15,18H,4-6,13H2,1-3H3,(H,22,23)/b12-9+/t14-,15+,18+/m0/s1. The van der Waals surface area contributed by atoms with Crippen LogP contribution < -0.4 is 5.32 Å². The van der Waals surface area contributed by atoms with Gasteiger partial charge in [-0.3, -0.25) is 4.79 Å². The molecule has 0 saturated heterocycles. The van der Waals surface area contributed by atoms with E-state index in [1.807, 2.05) is 0 Å². The van der Waals surface area contributed by atoms with E-state index in [0.717, 1.165) is 18.4 Å². The predicted octanol–water partition coefficient (Wildman–Crippen LogP) is 2.97. The van der Waals surface area contributed by atoms with Crippen molar-refractivity contribution in [3.05, 3.63) is 41.5 Å². The van der Waals surface area contributed by atoms with Crippen molar-refractivity contribution < 1.29 is 23.9 Å². The van der Waals surface area contributed by atoms with Gasteiger partial charge in [-0.1, -0.05) is 38.8 Å². The summed E-state index contributed by atoms with van der Waals surface area (Å²) in [4.78, 5) is 35.2. The van der Waals surface area contributed by atoms with Crippen LogP contribution in [0.25, 0.3) is 6.08 Å². The van der Waals surface area contributed by atoms with Gasteiger partial charge in [0.15, 0.2) is 6.61 Å². The average Bonchev–Trinajstić information content (AvgIpc) is 2.68. The van der Waals surface area contributed by atoms with Crippen LogP contribution >= 0.6 is 0 Å². The fourth-order valence-corrected chi connectivity index (χ4v) is 3.23. The van der Waals surface area contributed by atoms with Gasteiger partial charge in [-0.15, -0.1) is 0 Å². The molecule has 1 amide bonds. The smallest absolute Gasteiger partial charge is 0.337 e. The van der Waals surface area contributed by atoms with Crippen LogP contribution in [0, 0.1) is 11.8 Å². The maximum atomic E-state index is 12.0. The van der Waals surface area contributed by atoms with Crippen LogP contribution in [0.15, 0.2) is 30.3 Å². The lowest BCUT2D eigenvalue weighted by atomic mass is 9.78. The highest BCUT2D eigenvalue weighted by molar-refractivity contribution is 5.91. The molecule has 146 valence electrons. The van der Waals surface area contributed by atoms with Crippen molar-refractivity contribution in [2.24, 2.45) is 11.8 Å². The molecule has 27 heavy (non-hydrogen) atoms. The average molecular weight is 373 g/mol. The lowest BCUT2D eigenvalue weighted by Crippen LogP contribution is -2.45. The van der Waals surface area contributed by atoms with Crippen molar-refractivity contribution in [2.75, 3.05) is 13.7 Å². The number of carbonyl (C=O) groups is 3. The summed E-state index contributed by atoms with van der Waals surface area (Å²) in [5.74, 6) is -0.277. The zero-order chi connectivity index (χ0) is 19.8. The fourth-order valence-electron chi connectivity index (χ4n) is 3.23. The van der Waals surface area contributed by atoms with E-state index in [9.17, 15) is 14.4 Å². The Morgan fingerprint density at radius 1 is 1.15 bits per heavy atom. The number of hydrogen-bond donors (Lipinski definition) is 1. The molecule has 0 radical (unpaired) electrons. The van der Waals surface area contributed by atoms with Gasteiger partial charge >= 0.3 is 11.9 Å². The Bertz CT molecular complexity index is 695. The summed E-state index contributed by atoms with van der Waals surface area (Å²) in [5.41, 5.74) is 1.16. The molecule has 1 fully saturated rings. The van der Waals surface area contributed by atoms with E-state index < -0.39 is 11.9 Å². The van der Waals surface area contributed by atoms with Gasteiger partial charge in [-0.2, -0.15) is 0 Å². The Balaban J connectivity index is 1.77. The highest BCUT2D eigenvalue weighted by Crippen LogP contribution is 2.29. The van der Waals surface area contributed by atoms with E-state index in [1.165, 1.54) is 19.6 Å². The first-order valence-corrected chi connectivity index (χ1v) is 9.23. The van der Waals surface area contributed by atoms with E-state index in [0.29, 0.717) is 17.4 Å². The lowest BCUT2D eigenvalue weighted by Gasteiger charge is -2.34. The van der Waals surface area contributed by atoms with Gasteiger partial charge in [0.1, 0.15) is 0 Å². The molecule has 6 heteroatoms. The van der Waals surface area contributed by atoms with Crippen molar-refractivity contribution in [1.82, 2.24) is 5.32 Å². The lowest BCUT2D eigenvalue weighted by molar-refractivity contribution is -0.144. The van der Waals surface area contributed by atoms with E-state index in [1.54, 1.807) is 30.3 Å². The molecule has 2 rings (SSSR count). The van der Waals surface area contributed by atoms with Gasteiger partial charge in [-0.05, 0) is 42.0 Å². The van der Waals surface area contributed by atoms with Crippen molar-refractivity contribution in [1.29, 1.82) is 0 Å². The van der Waals surface area contributed by atoms with Crippen LogP contribution in [-0.2, 0) is 19.1 Å². The second kappa shape index (κ2) is 9.90. The SMILES string of the molecule is COC(=O)c1ccc(/C=C/C(=O)OCC(=O)N[C@@H]2CCC[C@H](C)[C@H]2C)cc1. The van der Waals surface area contributed by atoms with E-state index >= 15 is 0 Å². The molecule has 1 aliphatic carbocycles. The maximum Gasteiger partial charge on any atom is 0.337 e. The summed E-state index contributed by atoms with van der Waals surface area (Å²) >= 11 is 0. The molecular weight excluding hydrogens is 346 g/mol. The number of ether oxygens (including phenoxy) is 2. The number of benzene rings is 1. The quantitative estimate of drug-likeness (QED) is 0.612. The molecule has 1 aliphatic rings. The third-order valence-corrected chi connectivity index (χ3v) is 5.14. The molecule has 0 aliphatic heterocycles. The molecule has 6 nitrogen and oxygen atoms in total. The first kappa shape index (κ1) is 20.7. The summed E-state index contributed by atoms with van der Waals surface area (Å²) in [6.45, 7) is 4.06. The fraction of sp³-hybridized carbons (Fsp3) is 0.476. The third kappa shape index (κ3) is 6.24. The Labute approximate surface area is 159 Å². The van der Waals surface area contributed by atoms with Gasteiger partial charge in [0.25, 0.3) is 5.91 Å². The molecule has 0 aromatic heterocycles. The molecule has 0 bridgehead atoms. The number of amides is 1. The highest BCUT2D eigenvalue weighted by atomic mass is 16.5. The summed E-state index contributed by atoms with van der Waals surface area (Å²) in [7, 11) is 1.32. The van der Waals surface area contributed by atoms with E-state index in [-0.39, 0.29) is 18.6 Å². The number of rotatable bonds is 6. The van der Waals surface area contributed by atoms with Gasteiger partial charge in [-0.25, -0.2) is 9.59 Å². The minimum atomic E-state index is -0.591. The molecular formula is C21H27NO5. The Morgan fingerprint density at radius 3 is 2.52 bits per heavy atom. The van der Waals surface area contributed by atoms with Crippen LogP contribution in [0.4, 0.5) is 0 Å². The topological polar surface area (TPSA) is 81.7 Å². The number of esters is 2. The van der Waals surface area contributed by atoms with Crippen LogP contribution in [0.3, 0.4) is 0 Å². The molecule has 1 N–H and O–H groups in total. The van der Waals surface area contributed by atoms with Gasteiger partial charge in [0.2, 0.25) is 0 Å². The Hall–Kier alpha value is -2.63. The Morgan fingerprint density at radius 2 is 1.85 bits per heavy atom. The van der Waals surface area contributed by atoms with Gasteiger partial charge in [0, 0.05) is 12.1 Å². The first-order valence-electron chi connectivity index (χ1n) is 9.23. The van der Waals surface area contributed by atoms with Crippen molar-refractivity contribution in [3.63, 3.8) is 0 Å². The summed E-state index contributed by atoms with van der Waals surface area (Å²) in [6.07, 6.45) is 6.08. The zero-order valence-electron chi connectivity index (χ0n) is 16.1. The Kier molecular flexibility index (Phi) is 7.58. The monoisotopic (exact) mass is 373 g/mol. The first-order chi connectivity index (χ1) is 12.9. The van der Waals surface area contributed by atoms with Crippen molar-refractivity contribution in [2.45, 2.75) is 39.2 Å². The number of nitrogens with one attached hydrogen (secondary N) is 1. The molecule has 1 aromatic carbocycles. The molecule has 0 unspecified atom stereocenters. The minimum Gasteiger partial charge on any atom is -0.465 e. The summed E-state index contributed by atoms with van der Waals surface area (Å²) in [6, 6.07) is 6.74. The predicted molar refractivity (Wildman–Crippen MR) is 102 cm³/mol. The molecule has 0 spiro atoms. The number of methoxy groups -OCH3 is 1. The van der Waals surface area contributed by atoms with Crippen LogP contribution in [0.2, 0.25) is 0 Å². The van der Waals surface area contributed by atoms with Gasteiger partial charge < -0.3 is 14.8 Å². The maximum absolute atomic E-state index is 12.0. The largest absolute Gasteiger partial charge is 0.465 e. The molecule has 1 aromatic rings. The van der Waals surface area contributed by atoms with E-state index in [4.69, 9.17) is 4.74 Å². The number of hydrogen-bond acceptors (Lipinski definition) is 5. The molecule has 0 heterocycles. The highest BCUT2D eigenvalue weighted by Gasteiger charge is 2.28. The number of carbonyl (C=O) groups excluding carboxylic acids is 3. The van der Waals surface area contributed by atoms with E-state index in [2.05, 4.69) is 23.9 Å². The minimum absolute atomic E-state index is 0.142. The van der Waals surface area contributed by atoms with Crippen molar-refractivity contribution >= 4 is 23.9 Å². The summed E-state index contributed by atoms with van der Waals surface area (Å²) < 4.78 is 9.62. The van der Waals surface area contributed by atoms with Crippen LogP contribution in [0.1, 0.15) is 49.0 Å². The molecule has 3 atom stereocenters. The normalized spacial score (nSPS) is 22.3.